The van der Waals surface area contributed by atoms with Gasteiger partial charge in [-0.25, -0.2) is 4.39 Å². The van der Waals surface area contributed by atoms with Gasteiger partial charge in [-0.05, 0) is 48.9 Å². The largest absolute Gasteiger partial charge is 0.504 e. The zero-order chi connectivity index (χ0) is 16.9. The van der Waals surface area contributed by atoms with Crippen molar-refractivity contribution >= 4 is 5.69 Å². The van der Waals surface area contributed by atoms with Crippen molar-refractivity contribution in [1.82, 2.24) is 4.90 Å². The Morgan fingerprint density at radius 1 is 1.04 bits per heavy atom. The quantitative estimate of drug-likeness (QED) is 0.913. The van der Waals surface area contributed by atoms with Crippen LogP contribution in [-0.2, 0) is 6.54 Å². The first-order chi connectivity index (χ1) is 11.7. The topological polar surface area (TPSA) is 35.9 Å². The Labute approximate surface area is 142 Å². The van der Waals surface area contributed by atoms with Crippen molar-refractivity contribution < 1.29 is 14.2 Å². The molecule has 1 saturated heterocycles. The summed E-state index contributed by atoms with van der Waals surface area (Å²) in [5.74, 6) is 0.525. The Kier molecular flexibility index (Phi) is 5.20. The van der Waals surface area contributed by atoms with Gasteiger partial charge in [-0.1, -0.05) is 6.07 Å². The molecule has 0 amide bonds. The first-order valence-electron chi connectivity index (χ1n) is 8.33. The summed E-state index contributed by atoms with van der Waals surface area (Å²) < 4.78 is 18.5. The predicted octanol–water partition coefficient (Wildman–Crippen LogP) is 3.25. The standard InChI is InChI=1S/C19H23FN2O2/c1-2-24-19-13-15(3-8-18(19)23)14-21-9-11-22(12-10-21)17-6-4-16(20)5-7-17/h3-8,13,23H,2,9-12,14H2,1H3. The minimum Gasteiger partial charge on any atom is -0.504 e. The summed E-state index contributed by atoms with van der Waals surface area (Å²) in [4.78, 5) is 4.65. The van der Waals surface area contributed by atoms with E-state index in [0.29, 0.717) is 12.4 Å². The number of piperazine rings is 1. The van der Waals surface area contributed by atoms with Crippen molar-refractivity contribution in [2.45, 2.75) is 13.5 Å². The first kappa shape index (κ1) is 16.6. The molecule has 4 nitrogen and oxygen atoms in total. The Balaban J connectivity index is 1.57. The summed E-state index contributed by atoms with van der Waals surface area (Å²) in [6.07, 6.45) is 0. The number of benzene rings is 2. The summed E-state index contributed by atoms with van der Waals surface area (Å²) in [7, 11) is 0. The summed E-state index contributed by atoms with van der Waals surface area (Å²) in [6.45, 7) is 7.00. The maximum absolute atomic E-state index is 13.0. The van der Waals surface area contributed by atoms with Crippen molar-refractivity contribution in [3.63, 3.8) is 0 Å². The van der Waals surface area contributed by atoms with Gasteiger partial charge in [-0.3, -0.25) is 4.90 Å². The van der Waals surface area contributed by atoms with Crippen LogP contribution in [0.5, 0.6) is 11.5 Å². The summed E-state index contributed by atoms with van der Waals surface area (Å²) in [5, 5.41) is 9.78. The second-order valence-corrected chi connectivity index (χ2v) is 5.97. The molecule has 2 aromatic carbocycles. The van der Waals surface area contributed by atoms with Crippen molar-refractivity contribution in [3.05, 3.63) is 53.8 Å². The second kappa shape index (κ2) is 7.53. The van der Waals surface area contributed by atoms with Crippen molar-refractivity contribution in [3.8, 4) is 11.5 Å². The molecule has 128 valence electrons. The summed E-state index contributed by atoms with van der Waals surface area (Å²) >= 11 is 0. The normalized spacial score (nSPS) is 15.5. The second-order valence-electron chi connectivity index (χ2n) is 5.97. The zero-order valence-electron chi connectivity index (χ0n) is 13.9. The third kappa shape index (κ3) is 3.97. The van der Waals surface area contributed by atoms with Gasteiger partial charge in [0, 0.05) is 38.4 Å². The lowest BCUT2D eigenvalue weighted by Crippen LogP contribution is -2.45. The van der Waals surface area contributed by atoms with Gasteiger partial charge in [0.25, 0.3) is 0 Å². The van der Waals surface area contributed by atoms with Gasteiger partial charge in [0.05, 0.1) is 6.61 Å². The van der Waals surface area contributed by atoms with Gasteiger partial charge in [0.2, 0.25) is 0 Å². The molecule has 1 aliphatic rings. The van der Waals surface area contributed by atoms with E-state index in [-0.39, 0.29) is 11.6 Å². The van der Waals surface area contributed by atoms with Crippen LogP contribution in [0.1, 0.15) is 12.5 Å². The highest BCUT2D eigenvalue weighted by atomic mass is 19.1. The number of phenolic OH excluding ortho intramolecular Hbond substituents is 1. The van der Waals surface area contributed by atoms with E-state index < -0.39 is 0 Å². The molecule has 1 fully saturated rings. The van der Waals surface area contributed by atoms with Gasteiger partial charge < -0.3 is 14.7 Å². The lowest BCUT2D eigenvalue weighted by Gasteiger charge is -2.36. The molecule has 3 rings (SSSR count). The maximum atomic E-state index is 13.0. The van der Waals surface area contributed by atoms with Crippen LogP contribution >= 0.6 is 0 Å². The smallest absolute Gasteiger partial charge is 0.161 e. The van der Waals surface area contributed by atoms with Crippen LogP contribution in [0.3, 0.4) is 0 Å². The van der Waals surface area contributed by atoms with Crippen LogP contribution in [0.4, 0.5) is 10.1 Å². The SMILES string of the molecule is CCOc1cc(CN2CCN(c3ccc(F)cc3)CC2)ccc1O. The van der Waals surface area contributed by atoms with Crippen LogP contribution in [0, 0.1) is 5.82 Å². The molecule has 1 N–H and O–H groups in total. The third-order valence-electron chi connectivity index (χ3n) is 4.29. The van der Waals surface area contributed by atoms with Gasteiger partial charge in [-0.15, -0.1) is 0 Å². The lowest BCUT2D eigenvalue weighted by molar-refractivity contribution is 0.249. The molecule has 24 heavy (non-hydrogen) atoms. The van der Waals surface area contributed by atoms with E-state index in [1.165, 1.54) is 12.1 Å². The molecule has 0 saturated carbocycles. The number of rotatable bonds is 5. The fourth-order valence-corrected chi connectivity index (χ4v) is 3.00. The first-order valence-corrected chi connectivity index (χ1v) is 8.33. The van der Waals surface area contributed by atoms with Crippen LogP contribution in [0.25, 0.3) is 0 Å². The number of phenols is 1. The molecular weight excluding hydrogens is 307 g/mol. The van der Waals surface area contributed by atoms with Crippen LogP contribution in [0.2, 0.25) is 0 Å². The minimum absolute atomic E-state index is 0.182. The number of hydrogen-bond donors (Lipinski definition) is 1. The predicted molar refractivity (Wildman–Crippen MR) is 93.2 cm³/mol. The highest BCUT2D eigenvalue weighted by Gasteiger charge is 2.18. The Morgan fingerprint density at radius 2 is 1.75 bits per heavy atom. The van der Waals surface area contributed by atoms with E-state index in [0.717, 1.165) is 44.0 Å². The Morgan fingerprint density at radius 3 is 2.42 bits per heavy atom. The molecule has 2 aromatic rings. The molecule has 0 bridgehead atoms. The Bertz CT molecular complexity index is 668. The summed E-state index contributed by atoms with van der Waals surface area (Å²) in [6, 6.07) is 12.2. The maximum Gasteiger partial charge on any atom is 0.161 e. The van der Waals surface area contributed by atoms with E-state index in [1.54, 1.807) is 6.07 Å². The molecule has 1 heterocycles. The van der Waals surface area contributed by atoms with Crippen molar-refractivity contribution in [1.29, 1.82) is 0 Å². The molecule has 0 radical (unpaired) electrons. The monoisotopic (exact) mass is 330 g/mol. The fourth-order valence-electron chi connectivity index (χ4n) is 3.00. The van der Waals surface area contributed by atoms with E-state index >= 15 is 0 Å². The van der Waals surface area contributed by atoms with Crippen LogP contribution in [0.15, 0.2) is 42.5 Å². The molecule has 0 atom stereocenters. The molecule has 0 aliphatic carbocycles. The molecule has 0 spiro atoms. The van der Waals surface area contributed by atoms with Gasteiger partial charge in [0.15, 0.2) is 11.5 Å². The highest BCUT2D eigenvalue weighted by molar-refractivity contribution is 5.46. The number of aromatic hydroxyl groups is 1. The van der Waals surface area contributed by atoms with E-state index in [9.17, 15) is 9.50 Å². The fraction of sp³-hybridized carbons (Fsp3) is 0.368. The third-order valence-corrected chi connectivity index (χ3v) is 4.29. The van der Waals surface area contributed by atoms with E-state index in [4.69, 9.17) is 4.74 Å². The molecular formula is C19H23FN2O2. The molecule has 0 unspecified atom stereocenters. The van der Waals surface area contributed by atoms with Crippen molar-refractivity contribution in [2.24, 2.45) is 0 Å². The van der Waals surface area contributed by atoms with Gasteiger partial charge in [0.1, 0.15) is 5.82 Å². The minimum atomic E-state index is -0.199. The number of halogens is 1. The molecule has 0 aromatic heterocycles. The van der Waals surface area contributed by atoms with Crippen molar-refractivity contribution in [2.75, 3.05) is 37.7 Å². The van der Waals surface area contributed by atoms with Crippen LogP contribution < -0.4 is 9.64 Å². The average Bonchev–Trinajstić information content (AvgIpc) is 2.60. The number of ether oxygens (including phenoxy) is 1. The lowest BCUT2D eigenvalue weighted by atomic mass is 10.1. The van der Waals surface area contributed by atoms with Gasteiger partial charge in [-0.2, -0.15) is 0 Å². The van der Waals surface area contributed by atoms with Gasteiger partial charge >= 0.3 is 0 Å². The summed E-state index contributed by atoms with van der Waals surface area (Å²) in [5.41, 5.74) is 2.20. The zero-order valence-corrected chi connectivity index (χ0v) is 13.9. The molecule has 5 heteroatoms. The highest BCUT2D eigenvalue weighted by Crippen LogP contribution is 2.27. The van der Waals surface area contributed by atoms with E-state index in [2.05, 4.69) is 9.80 Å². The Hall–Kier alpha value is -2.27. The number of anilines is 1. The number of nitrogens with zero attached hydrogens (tertiary/aromatic N) is 2. The van der Waals surface area contributed by atoms with Crippen LogP contribution in [-0.4, -0.2) is 42.8 Å². The molecule has 1 aliphatic heterocycles. The van der Waals surface area contributed by atoms with E-state index in [1.807, 2.05) is 31.2 Å². The average molecular weight is 330 g/mol. The number of hydrogen-bond acceptors (Lipinski definition) is 4.